The smallest absolute Gasteiger partial charge is 0.279 e. The van der Waals surface area contributed by atoms with Crippen molar-refractivity contribution in [3.63, 3.8) is 0 Å². The van der Waals surface area contributed by atoms with Crippen LogP contribution in [0.2, 0.25) is 5.02 Å². The zero-order chi connectivity index (χ0) is 15.1. The second-order valence-corrected chi connectivity index (χ2v) is 6.41. The number of rotatable bonds is 4. The lowest BCUT2D eigenvalue weighted by atomic mass is 9.97. The number of quaternary nitrogens is 1. The summed E-state index contributed by atoms with van der Waals surface area (Å²) in [6.07, 6.45) is 9.15. The van der Waals surface area contributed by atoms with E-state index in [1.807, 2.05) is 25.1 Å². The molecule has 1 aliphatic rings. The van der Waals surface area contributed by atoms with Crippen LogP contribution in [0.15, 0.2) is 18.2 Å². The van der Waals surface area contributed by atoms with Crippen molar-refractivity contribution in [2.45, 2.75) is 57.9 Å². The van der Waals surface area contributed by atoms with Crippen LogP contribution in [-0.4, -0.2) is 18.5 Å². The Morgan fingerprint density at radius 3 is 2.62 bits per heavy atom. The summed E-state index contributed by atoms with van der Waals surface area (Å²) in [4.78, 5) is 12.1. The van der Waals surface area contributed by atoms with Crippen LogP contribution < -0.4 is 10.6 Å². The summed E-state index contributed by atoms with van der Waals surface area (Å²) in [5, 5.41) is 5.86. The Morgan fingerprint density at radius 2 is 1.90 bits per heavy atom. The Morgan fingerprint density at radius 1 is 1.24 bits per heavy atom. The lowest BCUT2D eigenvalue weighted by Crippen LogP contribution is -2.91. The first kappa shape index (κ1) is 16.3. The third-order valence-corrected chi connectivity index (χ3v) is 4.74. The maximum absolute atomic E-state index is 12.1. The van der Waals surface area contributed by atoms with E-state index in [-0.39, 0.29) is 5.91 Å². The van der Waals surface area contributed by atoms with Crippen molar-refractivity contribution >= 4 is 23.2 Å². The van der Waals surface area contributed by atoms with Crippen LogP contribution in [0.25, 0.3) is 0 Å². The summed E-state index contributed by atoms with van der Waals surface area (Å²) in [7, 11) is 0. The van der Waals surface area contributed by atoms with Crippen LogP contribution in [0, 0.1) is 6.92 Å². The van der Waals surface area contributed by atoms with Crippen molar-refractivity contribution < 1.29 is 10.1 Å². The molecule has 4 heteroatoms. The van der Waals surface area contributed by atoms with E-state index in [0.29, 0.717) is 17.6 Å². The Kier molecular flexibility index (Phi) is 6.52. The van der Waals surface area contributed by atoms with E-state index in [2.05, 4.69) is 10.6 Å². The van der Waals surface area contributed by atoms with Gasteiger partial charge in [0.05, 0.1) is 6.04 Å². The molecule has 1 fully saturated rings. The molecule has 21 heavy (non-hydrogen) atoms. The molecule has 3 N–H and O–H groups in total. The SMILES string of the molecule is Cc1c(Cl)cccc1NC(=O)C[NH2+]C1CCCCCCC1. The van der Waals surface area contributed by atoms with Gasteiger partial charge in [0.15, 0.2) is 6.54 Å². The number of hydrogen-bond acceptors (Lipinski definition) is 1. The second kappa shape index (κ2) is 8.40. The Labute approximate surface area is 132 Å². The largest absolute Gasteiger partial charge is 0.336 e. The normalized spacial score (nSPS) is 17.0. The third-order valence-electron chi connectivity index (χ3n) is 4.33. The molecule has 3 nitrogen and oxygen atoms in total. The first-order valence-electron chi connectivity index (χ1n) is 8.05. The molecule has 116 valence electrons. The Hall–Kier alpha value is -1.06. The number of nitrogens with two attached hydrogens (primary N) is 1. The van der Waals surface area contributed by atoms with Crippen molar-refractivity contribution in [2.75, 3.05) is 11.9 Å². The number of anilines is 1. The fourth-order valence-electron chi connectivity index (χ4n) is 2.94. The molecule has 0 bridgehead atoms. The van der Waals surface area contributed by atoms with E-state index in [9.17, 15) is 4.79 Å². The fourth-order valence-corrected chi connectivity index (χ4v) is 3.12. The minimum Gasteiger partial charge on any atom is -0.336 e. The lowest BCUT2D eigenvalue weighted by molar-refractivity contribution is -0.680. The minimum absolute atomic E-state index is 0.0578. The quantitative estimate of drug-likeness (QED) is 0.881. The predicted octanol–water partition coefficient (Wildman–Crippen LogP) is 3.26. The number of amides is 1. The molecule has 0 unspecified atom stereocenters. The van der Waals surface area contributed by atoms with Crippen LogP contribution in [0.4, 0.5) is 5.69 Å². The molecule has 1 amide bonds. The predicted molar refractivity (Wildman–Crippen MR) is 87.7 cm³/mol. The van der Waals surface area contributed by atoms with E-state index < -0.39 is 0 Å². The molecule has 1 aromatic rings. The van der Waals surface area contributed by atoms with Crippen LogP contribution in [0.3, 0.4) is 0 Å². The number of carbonyl (C=O) groups is 1. The maximum Gasteiger partial charge on any atom is 0.279 e. The van der Waals surface area contributed by atoms with Crippen LogP contribution in [0.5, 0.6) is 0 Å². The zero-order valence-electron chi connectivity index (χ0n) is 12.8. The molecule has 0 aromatic heterocycles. The highest BCUT2D eigenvalue weighted by Gasteiger charge is 2.16. The van der Waals surface area contributed by atoms with E-state index in [0.717, 1.165) is 11.3 Å². The zero-order valence-corrected chi connectivity index (χ0v) is 13.6. The van der Waals surface area contributed by atoms with Gasteiger partial charge < -0.3 is 10.6 Å². The molecule has 1 aliphatic carbocycles. The fraction of sp³-hybridized carbons (Fsp3) is 0.588. The van der Waals surface area contributed by atoms with E-state index >= 15 is 0 Å². The van der Waals surface area contributed by atoms with Crippen molar-refractivity contribution in [3.8, 4) is 0 Å². The third kappa shape index (κ3) is 5.33. The number of halogens is 1. The minimum atomic E-state index is 0.0578. The van der Waals surface area contributed by atoms with E-state index in [1.165, 1.54) is 44.9 Å². The molecule has 0 heterocycles. The molecular formula is C17H26ClN2O+. The van der Waals surface area contributed by atoms with Crippen LogP contribution in [0.1, 0.15) is 50.5 Å². The second-order valence-electron chi connectivity index (χ2n) is 6.01. The Bertz CT molecular complexity index is 468. The molecule has 1 saturated carbocycles. The summed E-state index contributed by atoms with van der Waals surface area (Å²) in [5.41, 5.74) is 1.75. The molecule has 1 aromatic carbocycles. The molecule has 0 aliphatic heterocycles. The van der Waals surface area contributed by atoms with Gasteiger partial charge in [0.2, 0.25) is 0 Å². The van der Waals surface area contributed by atoms with Gasteiger partial charge in [-0.25, -0.2) is 0 Å². The first-order chi connectivity index (χ1) is 10.2. The number of hydrogen-bond donors (Lipinski definition) is 2. The van der Waals surface area contributed by atoms with Gasteiger partial charge in [0.25, 0.3) is 5.91 Å². The van der Waals surface area contributed by atoms with Gasteiger partial charge in [0.1, 0.15) is 0 Å². The van der Waals surface area contributed by atoms with E-state index in [4.69, 9.17) is 11.6 Å². The van der Waals surface area contributed by atoms with Gasteiger partial charge in [-0.15, -0.1) is 0 Å². The average Bonchev–Trinajstić information content (AvgIpc) is 2.43. The molecule has 0 saturated heterocycles. The van der Waals surface area contributed by atoms with E-state index in [1.54, 1.807) is 0 Å². The van der Waals surface area contributed by atoms with Crippen molar-refractivity contribution in [3.05, 3.63) is 28.8 Å². The summed E-state index contributed by atoms with van der Waals surface area (Å²) >= 11 is 6.07. The van der Waals surface area contributed by atoms with Gasteiger partial charge in [-0.2, -0.15) is 0 Å². The van der Waals surface area contributed by atoms with Gasteiger partial charge in [-0.3, -0.25) is 4.79 Å². The lowest BCUT2D eigenvalue weighted by Gasteiger charge is -2.18. The molecule has 0 atom stereocenters. The first-order valence-corrected chi connectivity index (χ1v) is 8.43. The summed E-state index contributed by atoms with van der Waals surface area (Å²) < 4.78 is 0. The number of nitrogens with one attached hydrogen (secondary N) is 1. The van der Waals surface area contributed by atoms with Gasteiger partial charge in [-0.1, -0.05) is 36.9 Å². The summed E-state index contributed by atoms with van der Waals surface area (Å²) in [6.45, 7) is 2.42. The van der Waals surface area contributed by atoms with Crippen molar-refractivity contribution in [1.29, 1.82) is 0 Å². The monoisotopic (exact) mass is 309 g/mol. The highest BCUT2D eigenvalue weighted by Crippen LogP contribution is 2.22. The highest BCUT2D eigenvalue weighted by molar-refractivity contribution is 6.31. The Balaban J connectivity index is 1.80. The molecule has 0 radical (unpaired) electrons. The number of benzene rings is 1. The average molecular weight is 310 g/mol. The van der Waals surface area contributed by atoms with Crippen molar-refractivity contribution in [2.24, 2.45) is 0 Å². The summed E-state index contributed by atoms with van der Waals surface area (Å²) in [6, 6.07) is 6.21. The van der Waals surface area contributed by atoms with Crippen molar-refractivity contribution in [1.82, 2.24) is 0 Å². The van der Waals surface area contributed by atoms with Crippen LogP contribution in [-0.2, 0) is 4.79 Å². The topological polar surface area (TPSA) is 45.7 Å². The molecule has 0 spiro atoms. The van der Waals surface area contributed by atoms with Crippen LogP contribution >= 0.6 is 11.6 Å². The maximum atomic E-state index is 12.1. The van der Waals surface area contributed by atoms with Gasteiger partial charge in [0, 0.05) is 10.7 Å². The highest BCUT2D eigenvalue weighted by atomic mass is 35.5. The molecule has 2 rings (SSSR count). The summed E-state index contributed by atoms with van der Waals surface area (Å²) in [5.74, 6) is 0.0578. The van der Waals surface area contributed by atoms with Gasteiger partial charge >= 0.3 is 0 Å². The molecular weight excluding hydrogens is 284 g/mol. The standard InChI is InChI=1S/C17H25ClN2O/c1-13-15(18)10-7-11-16(13)20-17(21)12-19-14-8-5-3-2-4-6-9-14/h7,10-11,14,19H,2-6,8-9,12H2,1H3,(H,20,21)/p+1. The van der Waals surface area contributed by atoms with Gasteiger partial charge in [-0.05, 0) is 50.3 Å². The number of carbonyl (C=O) groups excluding carboxylic acids is 1.